The van der Waals surface area contributed by atoms with Crippen molar-refractivity contribution in [1.29, 1.82) is 0 Å². The molecule has 7 nitrogen and oxygen atoms in total. The maximum atomic E-state index is 12.6. The van der Waals surface area contributed by atoms with E-state index in [4.69, 9.17) is 4.74 Å². The van der Waals surface area contributed by atoms with Crippen LogP contribution >= 0.6 is 0 Å². The van der Waals surface area contributed by atoms with Gasteiger partial charge in [0.05, 0.1) is 0 Å². The van der Waals surface area contributed by atoms with E-state index in [0.29, 0.717) is 22.9 Å². The van der Waals surface area contributed by atoms with Crippen LogP contribution in [-0.2, 0) is 0 Å². The Kier molecular flexibility index (Phi) is 6.40. The van der Waals surface area contributed by atoms with Gasteiger partial charge < -0.3 is 15.4 Å². The summed E-state index contributed by atoms with van der Waals surface area (Å²) in [5, 5.41) is 5.35. The van der Waals surface area contributed by atoms with Crippen LogP contribution in [0.25, 0.3) is 11.1 Å². The second-order valence-corrected chi connectivity index (χ2v) is 7.34. The fourth-order valence-corrected chi connectivity index (χ4v) is 3.19. The molecule has 0 atom stereocenters. The normalized spacial score (nSPS) is 10.4. The minimum atomic E-state index is -0.302. The lowest BCUT2D eigenvalue weighted by Crippen LogP contribution is -2.18. The van der Waals surface area contributed by atoms with Gasteiger partial charge in [0.2, 0.25) is 0 Å². The molecule has 0 aliphatic rings. The number of rotatable bonds is 6. The van der Waals surface area contributed by atoms with Crippen LogP contribution in [0.2, 0.25) is 0 Å². The molecule has 2 aromatic carbocycles. The lowest BCUT2D eigenvalue weighted by Gasteiger charge is -2.09. The third kappa shape index (κ3) is 5.40. The molecule has 2 aromatic heterocycles. The molecule has 0 bridgehead atoms. The molecule has 0 unspecified atom stereocenters. The minimum absolute atomic E-state index is 0.264. The summed E-state index contributed by atoms with van der Waals surface area (Å²) in [6.45, 7) is 2.04. The van der Waals surface area contributed by atoms with Gasteiger partial charge in [-0.1, -0.05) is 35.9 Å². The van der Waals surface area contributed by atoms with Gasteiger partial charge in [-0.05, 0) is 48.9 Å². The first-order valence-electron chi connectivity index (χ1n) is 10.3. The van der Waals surface area contributed by atoms with E-state index < -0.39 is 0 Å². The molecule has 33 heavy (non-hydrogen) atoms. The van der Waals surface area contributed by atoms with Crippen molar-refractivity contribution >= 4 is 17.5 Å². The van der Waals surface area contributed by atoms with E-state index in [-0.39, 0.29) is 17.5 Å². The number of hydrogen-bond acceptors (Lipinski definition) is 5. The van der Waals surface area contributed by atoms with Crippen molar-refractivity contribution < 1.29 is 14.3 Å². The quantitative estimate of drug-likeness (QED) is 0.449. The highest BCUT2D eigenvalue weighted by Crippen LogP contribution is 2.24. The Hall–Kier alpha value is -4.52. The smallest absolute Gasteiger partial charge is 0.274 e. The van der Waals surface area contributed by atoms with Gasteiger partial charge in [0.25, 0.3) is 11.8 Å². The van der Waals surface area contributed by atoms with Crippen LogP contribution in [-0.4, -0.2) is 28.8 Å². The highest BCUT2D eigenvalue weighted by Gasteiger charge is 2.10. The van der Waals surface area contributed by atoms with Gasteiger partial charge in [-0.15, -0.1) is 0 Å². The number of carbonyl (C=O) groups excluding carboxylic acids is 2. The largest absolute Gasteiger partial charge is 0.457 e. The Morgan fingerprint density at radius 1 is 0.788 bits per heavy atom. The summed E-state index contributed by atoms with van der Waals surface area (Å²) < 4.78 is 5.78. The van der Waals surface area contributed by atoms with Gasteiger partial charge in [0.1, 0.15) is 22.9 Å². The molecule has 4 rings (SSSR count). The second kappa shape index (κ2) is 9.74. The summed E-state index contributed by atoms with van der Waals surface area (Å²) in [6, 6.07) is 21.8. The average molecular weight is 438 g/mol. The zero-order chi connectivity index (χ0) is 23.2. The van der Waals surface area contributed by atoms with Crippen LogP contribution in [0, 0.1) is 6.92 Å². The van der Waals surface area contributed by atoms with Gasteiger partial charge >= 0.3 is 0 Å². The van der Waals surface area contributed by atoms with Gasteiger partial charge in [-0.3, -0.25) is 19.6 Å². The van der Waals surface area contributed by atoms with Crippen molar-refractivity contribution in [3.63, 3.8) is 0 Å². The Bertz CT molecular complexity index is 1290. The van der Waals surface area contributed by atoms with E-state index >= 15 is 0 Å². The number of carbonyl (C=O) groups is 2. The molecule has 4 aromatic rings. The predicted molar refractivity (Wildman–Crippen MR) is 127 cm³/mol. The number of anilines is 1. The SMILES string of the molecule is CNC(=O)c1cc(Oc2ccc(NC(=O)c3ccc(-c4cccc(C)c4)cn3)cc2)ccn1. The number of aryl methyl sites for hydroxylation is 1. The zero-order valence-corrected chi connectivity index (χ0v) is 18.2. The Labute approximate surface area is 191 Å². The first-order chi connectivity index (χ1) is 16.0. The summed E-state index contributed by atoms with van der Waals surface area (Å²) >= 11 is 0. The van der Waals surface area contributed by atoms with E-state index in [2.05, 4.69) is 26.7 Å². The maximum absolute atomic E-state index is 12.6. The highest BCUT2D eigenvalue weighted by atomic mass is 16.5. The molecular weight excluding hydrogens is 416 g/mol. The number of hydrogen-bond donors (Lipinski definition) is 2. The van der Waals surface area contributed by atoms with Crippen LogP contribution in [0.3, 0.4) is 0 Å². The number of ether oxygens (including phenoxy) is 1. The predicted octanol–water partition coefficient (Wildman–Crippen LogP) is 4.86. The number of amides is 2. The molecule has 0 saturated carbocycles. The fourth-order valence-electron chi connectivity index (χ4n) is 3.19. The van der Waals surface area contributed by atoms with Gasteiger partial charge in [0, 0.05) is 36.8 Å². The molecule has 2 heterocycles. The van der Waals surface area contributed by atoms with Crippen LogP contribution in [0.4, 0.5) is 5.69 Å². The maximum Gasteiger partial charge on any atom is 0.274 e. The third-order valence-electron chi connectivity index (χ3n) is 4.89. The second-order valence-electron chi connectivity index (χ2n) is 7.34. The Balaban J connectivity index is 1.40. The number of nitrogens with one attached hydrogen (secondary N) is 2. The van der Waals surface area contributed by atoms with Crippen LogP contribution in [0.5, 0.6) is 11.5 Å². The zero-order valence-electron chi connectivity index (χ0n) is 18.2. The summed E-state index contributed by atoms with van der Waals surface area (Å²) in [5.74, 6) is 0.448. The van der Waals surface area contributed by atoms with Crippen molar-refractivity contribution in [3.05, 3.63) is 102 Å². The van der Waals surface area contributed by atoms with Crippen molar-refractivity contribution in [2.24, 2.45) is 0 Å². The molecule has 164 valence electrons. The van der Waals surface area contributed by atoms with Crippen LogP contribution in [0.1, 0.15) is 26.5 Å². The first kappa shape index (κ1) is 21.7. The average Bonchev–Trinajstić information content (AvgIpc) is 2.85. The molecule has 0 aliphatic heterocycles. The van der Waals surface area contributed by atoms with E-state index in [9.17, 15) is 9.59 Å². The molecule has 0 aliphatic carbocycles. The Morgan fingerprint density at radius 3 is 2.30 bits per heavy atom. The summed E-state index contributed by atoms with van der Waals surface area (Å²) in [6.07, 6.45) is 3.20. The van der Waals surface area contributed by atoms with Crippen molar-refractivity contribution in [3.8, 4) is 22.6 Å². The molecular formula is C26H22N4O3. The summed E-state index contributed by atoms with van der Waals surface area (Å²) in [7, 11) is 1.54. The van der Waals surface area contributed by atoms with Gasteiger partial charge in [-0.25, -0.2) is 0 Å². The lowest BCUT2D eigenvalue weighted by molar-refractivity contribution is 0.0957. The summed E-state index contributed by atoms with van der Waals surface area (Å²) in [5.41, 5.74) is 4.37. The van der Waals surface area contributed by atoms with E-state index in [1.807, 2.05) is 31.2 Å². The molecule has 2 N–H and O–H groups in total. The molecule has 0 spiro atoms. The number of pyridine rings is 2. The van der Waals surface area contributed by atoms with E-state index in [1.165, 1.54) is 6.20 Å². The first-order valence-corrected chi connectivity index (χ1v) is 10.3. The van der Waals surface area contributed by atoms with Crippen molar-refractivity contribution in [1.82, 2.24) is 15.3 Å². The lowest BCUT2D eigenvalue weighted by atomic mass is 10.1. The van der Waals surface area contributed by atoms with E-state index in [1.54, 1.807) is 55.7 Å². The molecule has 0 saturated heterocycles. The third-order valence-corrected chi connectivity index (χ3v) is 4.89. The highest BCUT2D eigenvalue weighted by molar-refractivity contribution is 6.03. The number of benzene rings is 2. The number of nitrogens with zero attached hydrogens (tertiary/aromatic N) is 2. The van der Waals surface area contributed by atoms with Crippen LogP contribution < -0.4 is 15.4 Å². The monoisotopic (exact) mass is 438 g/mol. The minimum Gasteiger partial charge on any atom is -0.457 e. The number of aromatic nitrogens is 2. The fraction of sp³-hybridized carbons (Fsp3) is 0.0769. The van der Waals surface area contributed by atoms with Crippen molar-refractivity contribution in [2.75, 3.05) is 12.4 Å². The van der Waals surface area contributed by atoms with Gasteiger partial charge in [-0.2, -0.15) is 0 Å². The molecule has 0 fully saturated rings. The van der Waals surface area contributed by atoms with E-state index in [0.717, 1.165) is 16.7 Å². The molecule has 2 amide bonds. The van der Waals surface area contributed by atoms with Crippen LogP contribution in [0.15, 0.2) is 85.2 Å². The summed E-state index contributed by atoms with van der Waals surface area (Å²) in [4.78, 5) is 32.6. The molecule has 0 radical (unpaired) electrons. The topological polar surface area (TPSA) is 93.2 Å². The Morgan fingerprint density at radius 2 is 1.61 bits per heavy atom. The standard InChI is InChI=1S/C26H22N4O3/c1-17-4-3-5-18(14-17)19-6-11-23(29-16-19)26(32)30-20-7-9-21(10-8-20)33-22-12-13-28-24(15-22)25(31)27-2/h3-16H,1-2H3,(H,27,31)(H,30,32). The molecule has 7 heteroatoms. The van der Waals surface area contributed by atoms with Gasteiger partial charge in [0.15, 0.2) is 0 Å². The van der Waals surface area contributed by atoms with Crippen molar-refractivity contribution in [2.45, 2.75) is 6.92 Å².